The van der Waals surface area contributed by atoms with Crippen LogP contribution in [0.5, 0.6) is 11.8 Å². The van der Waals surface area contributed by atoms with Crippen LogP contribution in [0.25, 0.3) is 0 Å². The monoisotopic (exact) mass is 336 g/mol. The summed E-state index contributed by atoms with van der Waals surface area (Å²) in [5.74, 6) is 0.203. The Balaban J connectivity index is 2.50. The predicted octanol–water partition coefficient (Wildman–Crippen LogP) is 2.80. The van der Waals surface area contributed by atoms with Crippen LogP contribution < -0.4 is 9.47 Å². The van der Waals surface area contributed by atoms with Gasteiger partial charge in [-0.3, -0.25) is 4.79 Å². The topological polar surface area (TPSA) is 61.3 Å². The second-order valence-corrected chi connectivity index (χ2v) is 4.97. The molecule has 0 fully saturated rings. The molecule has 1 aromatic carbocycles. The van der Waals surface area contributed by atoms with E-state index >= 15 is 0 Å². The number of halogens is 1. The lowest BCUT2D eigenvalue weighted by atomic mass is 10.0. The van der Waals surface area contributed by atoms with Crippen molar-refractivity contribution >= 4 is 21.7 Å². The first-order valence-electron chi connectivity index (χ1n) is 5.82. The molecule has 104 valence electrons. The number of methoxy groups -OCH3 is 2. The van der Waals surface area contributed by atoms with Gasteiger partial charge in [-0.05, 0) is 24.6 Å². The van der Waals surface area contributed by atoms with Crippen LogP contribution in [-0.2, 0) is 0 Å². The first-order chi connectivity index (χ1) is 9.56. The summed E-state index contributed by atoms with van der Waals surface area (Å²) in [6, 6.07) is 5.49. The minimum atomic E-state index is -0.240. The highest BCUT2D eigenvalue weighted by Gasteiger charge is 2.20. The highest BCUT2D eigenvalue weighted by atomic mass is 79.9. The van der Waals surface area contributed by atoms with Crippen LogP contribution in [0.4, 0.5) is 0 Å². The van der Waals surface area contributed by atoms with Crippen LogP contribution in [0.2, 0.25) is 0 Å². The molecule has 0 N–H and O–H groups in total. The van der Waals surface area contributed by atoms with E-state index in [4.69, 9.17) is 9.47 Å². The van der Waals surface area contributed by atoms with Crippen molar-refractivity contribution in [1.29, 1.82) is 0 Å². The van der Waals surface area contributed by atoms with Crippen LogP contribution in [0.15, 0.2) is 28.9 Å². The molecule has 1 aromatic heterocycles. The molecule has 0 bridgehead atoms. The Kier molecular flexibility index (Phi) is 4.34. The summed E-state index contributed by atoms with van der Waals surface area (Å²) in [7, 11) is 2.91. The Bertz CT molecular complexity index is 659. The number of nitrogens with zero attached hydrogens (tertiary/aromatic N) is 2. The lowest BCUT2D eigenvalue weighted by molar-refractivity contribution is 0.102. The number of aromatic nitrogens is 2. The van der Waals surface area contributed by atoms with Crippen molar-refractivity contribution in [1.82, 2.24) is 9.97 Å². The normalized spacial score (nSPS) is 10.2. The quantitative estimate of drug-likeness (QED) is 0.803. The van der Waals surface area contributed by atoms with Crippen molar-refractivity contribution in [2.24, 2.45) is 0 Å². The van der Waals surface area contributed by atoms with Gasteiger partial charge >= 0.3 is 0 Å². The minimum Gasteiger partial charge on any atom is -0.480 e. The molecule has 0 amide bonds. The Morgan fingerprint density at radius 3 is 2.65 bits per heavy atom. The number of ether oxygens (including phenoxy) is 2. The van der Waals surface area contributed by atoms with Gasteiger partial charge in [0.25, 0.3) is 0 Å². The predicted molar refractivity (Wildman–Crippen MR) is 77.4 cm³/mol. The molecule has 1 heterocycles. The van der Waals surface area contributed by atoms with E-state index in [0.717, 1.165) is 10.0 Å². The molecule has 0 aliphatic carbocycles. The fraction of sp³-hybridized carbons (Fsp3) is 0.214. The molecule has 0 spiro atoms. The second-order valence-electron chi connectivity index (χ2n) is 4.06. The van der Waals surface area contributed by atoms with Crippen molar-refractivity contribution in [3.8, 4) is 11.8 Å². The third-order valence-corrected chi connectivity index (χ3v) is 3.27. The smallest absolute Gasteiger partial charge is 0.247 e. The summed E-state index contributed by atoms with van der Waals surface area (Å²) in [6.07, 6.45) is 1.39. The van der Waals surface area contributed by atoms with Crippen LogP contribution in [0, 0.1) is 6.92 Å². The fourth-order valence-corrected chi connectivity index (χ4v) is 2.08. The number of rotatable bonds is 4. The van der Waals surface area contributed by atoms with Gasteiger partial charge in [0.05, 0.1) is 20.4 Å². The lowest BCUT2D eigenvalue weighted by Gasteiger charge is -2.09. The SMILES string of the molecule is COc1cnc(C(=O)c2cc(Br)ccc2C)c(OC)n1. The van der Waals surface area contributed by atoms with Gasteiger partial charge in [0.1, 0.15) is 0 Å². The number of hydrogen-bond acceptors (Lipinski definition) is 5. The van der Waals surface area contributed by atoms with Gasteiger partial charge in [-0.2, -0.15) is 4.98 Å². The summed E-state index contributed by atoms with van der Waals surface area (Å²) in [4.78, 5) is 20.7. The molecule has 2 aromatic rings. The molecule has 0 unspecified atom stereocenters. The van der Waals surface area contributed by atoms with Crippen molar-refractivity contribution < 1.29 is 14.3 Å². The summed E-state index contributed by atoms with van der Waals surface area (Å²) >= 11 is 3.36. The molecule has 0 saturated heterocycles. The van der Waals surface area contributed by atoms with E-state index in [1.165, 1.54) is 20.4 Å². The van der Waals surface area contributed by atoms with Gasteiger partial charge < -0.3 is 9.47 Å². The van der Waals surface area contributed by atoms with Crippen molar-refractivity contribution in [3.05, 3.63) is 45.7 Å². The largest absolute Gasteiger partial charge is 0.480 e. The average Bonchev–Trinajstić information content (AvgIpc) is 2.48. The van der Waals surface area contributed by atoms with E-state index in [0.29, 0.717) is 11.4 Å². The summed E-state index contributed by atoms with van der Waals surface area (Å²) in [6.45, 7) is 1.86. The Labute approximate surface area is 125 Å². The summed E-state index contributed by atoms with van der Waals surface area (Å²) < 4.78 is 10.9. The maximum atomic E-state index is 12.6. The maximum absolute atomic E-state index is 12.6. The number of benzene rings is 1. The van der Waals surface area contributed by atoms with Crippen LogP contribution in [0.3, 0.4) is 0 Å². The molecule has 6 heteroatoms. The van der Waals surface area contributed by atoms with E-state index in [2.05, 4.69) is 25.9 Å². The molecule has 20 heavy (non-hydrogen) atoms. The number of aryl methyl sites for hydroxylation is 1. The lowest BCUT2D eigenvalue weighted by Crippen LogP contribution is -2.10. The van der Waals surface area contributed by atoms with Crippen molar-refractivity contribution in [3.63, 3.8) is 0 Å². The van der Waals surface area contributed by atoms with E-state index in [-0.39, 0.29) is 17.4 Å². The van der Waals surface area contributed by atoms with E-state index < -0.39 is 0 Å². The Hall–Kier alpha value is -1.95. The molecule has 0 aliphatic rings. The van der Waals surface area contributed by atoms with Crippen molar-refractivity contribution in [2.75, 3.05) is 14.2 Å². The standard InChI is InChI=1S/C14H13BrN2O3/c1-8-4-5-9(15)6-10(8)13(18)12-14(20-3)17-11(19-2)7-16-12/h4-7H,1-3H3. The second kappa shape index (κ2) is 6.00. The van der Waals surface area contributed by atoms with Gasteiger partial charge in [-0.1, -0.05) is 22.0 Å². The zero-order valence-corrected chi connectivity index (χ0v) is 12.9. The van der Waals surface area contributed by atoms with Gasteiger partial charge in [-0.15, -0.1) is 0 Å². The first-order valence-corrected chi connectivity index (χ1v) is 6.62. The third-order valence-electron chi connectivity index (χ3n) is 2.78. The Morgan fingerprint density at radius 1 is 1.25 bits per heavy atom. The minimum absolute atomic E-state index is 0.147. The number of carbonyl (C=O) groups is 1. The van der Waals surface area contributed by atoms with Gasteiger partial charge in [0.2, 0.25) is 17.5 Å². The van der Waals surface area contributed by atoms with Gasteiger partial charge in [0, 0.05) is 10.0 Å². The fourth-order valence-electron chi connectivity index (χ4n) is 1.72. The van der Waals surface area contributed by atoms with E-state index in [9.17, 15) is 4.79 Å². The molecule has 0 radical (unpaired) electrons. The van der Waals surface area contributed by atoms with Gasteiger partial charge in [-0.25, -0.2) is 4.98 Å². The van der Waals surface area contributed by atoms with E-state index in [1.807, 2.05) is 19.1 Å². The summed E-state index contributed by atoms with van der Waals surface area (Å²) in [5.41, 5.74) is 1.57. The Morgan fingerprint density at radius 2 is 2.00 bits per heavy atom. The highest BCUT2D eigenvalue weighted by molar-refractivity contribution is 9.10. The molecule has 0 saturated carbocycles. The first kappa shape index (κ1) is 14.5. The third kappa shape index (κ3) is 2.80. The van der Waals surface area contributed by atoms with Crippen LogP contribution in [0.1, 0.15) is 21.6 Å². The summed E-state index contributed by atoms with van der Waals surface area (Å²) in [5, 5.41) is 0. The highest BCUT2D eigenvalue weighted by Crippen LogP contribution is 2.23. The van der Waals surface area contributed by atoms with Crippen molar-refractivity contribution in [2.45, 2.75) is 6.92 Å². The zero-order valence-electron chi connectivity index (χ0n) is 11.3. The number of carbonyl (C=O) groups excluding carboxylic acids is 1. The maximum Gasteiger partial charge on any atom is 0.247 e. The molecular formula is C14H13BrN2O3. The molecule has 5 nitrogen and oxygen atoms in total. The molecular weight excluding hydrogens is 324 g/mol. The number of ketones is 1. The molecule has 0 aliphatic heterocycles. The number of hydrogen-bond donors (Lipinski definition) is 0. The van der Waals surface area contributed by atoms with Gasteiger partial charge in [0.15, 0.2) is 5.69 Å². The van der Waals surface area contributed by atoms with E-state index in [1.54, 1.807) is 6.07 Å². The average molecular weight is 337 g/mol. The van der Waals surface area contributed by atoms with Crippen LogP contribution >= 0.6 is 15.9 Å². The molecule has 2 rings (SSSR count). The van der Waals surface area contributed by atoms with Crippen LogP contribution in [-0.4, -0.2) is 30.0 Å². The molecule has 0 atom stereocenters. The zero-order chi connectivity index (χ0) is 14.7.